The number of nitrogens with two attached hydrogens (primary N) is 1. The van der Waals surface area contributed by atoms with Gasteiger partial charge in [-0.05, 0) is 61.8 Å². The molecule has 164 valence electrons. The van der Waals surface area contributed by atoms with Crippen LogP contribution in [-0.2, 0) is 13.0 Å². The number of anilines is 1. The zero-order chi connectivity index (χ0) is 22.1. The van der Waals surface area contributed by atoms with Crippen molar-refractivity contribution in [2.75, 3.05) is 31.5 Å². The molecule has 6 nitrogen and oxygen atoms in total. The molecule has 0 aliphatic carbocycles. The van der Waals surface area contributed by atoms with Crippen LogP contribution in [0.25, 0.3) is 11.3 Å². The Morgan fingerprint density at radius 2 is 1.94 bits per heavy atom. The van der Waals surface area contributed by atoms with E-state index in [2.05, 4.69) is 27.1 Å². The van der Waals surface area contributed by atoms with Crippen LogP contribution in [0.5, 0.6) is 5.75 Å². The average Bonchev–Trinajstić information content (AvgIpc) is 2.79. The van der Waals surface area contributed by atoms with Gasteiger partial charge in [0.25, 0.3) is 0 Å². The Labute approximate surface area is 183 Å². The van der Waals surface area contributed by atoms with Crippen LogP contribution in [0, 0.1) is 5.82 Å². The second kappa shape index (κ2) is 11.4. The molecule has 7 heteroatoms. The van der Waals surface area contributed by atoms with Crippen molar-refractivity contribution in [1.29, 1.82) is 0 Å². The molecule has 0 saturated carbocycles. The number of phenolic OH excluding ortho intramolecular Hbond substituents is 1. The molecule has 0 aliphatic heterocycles. The van der Waals surface area contributed by atoms with Gasteiger partial charge in [-0.2, -0.15) is 0 Å². The summed E-state index contributed by atoms with van der Waals surface area (Å²) in [7, 11) is 0. The lowest BCUT2D eigenvalue weighted by atomic mass is 10.1. The first-order chi connectivity index (χ1) is 15.1. The van der Waals surface area contributed by atoms with E-state index in [1.54, 1.807) is 12.1 Å². The van der Waals surface area contributed by atoms with Gasteiger partial charge >= 0.3 is 0 Å². The third kappa shape index (κ3) is 6.73. The maximum atomic E-state index is 14.5. The molecule has 0 bridgehead atoms. The first kappa shape index (κ1) is 22.7. The quantitative estimate of drug-likeness (QED) is 0.435. The lowest BCUT2D eigenvalue weighted by Crippen LogP contribution is -2.25. The standard InChI is InChI=1S/C24H30FN5O/c1-2-30(14-4-12-26)17-19-5-3-6-20(15-19)23-22(25)16-28-24(29-23)27-13-11-18-7-9-21(31)10-8-18/h3,5-10,15-16,31H,2,4,11-14,17,26H2,1H3,(H,27,28,29). The number of nitrogens with one attached hydrogen (secondary N) is 1. The zero-order valence-electron chi connectivity index (χ0n) is 17.9. The molecule has 2 aromatic carbocycles. The van der Waals surface area contributed by atoms with E-state index in [-0.39, 0.29) is 11.4 Å². The highest BCUT2D eigenvalue weighted by Gasteiger charge is 2.11. The highest BCUT2D eigenvalue weighted by atomic mass is 19.1. The normalized spacial score (nSPS) is 11.1. The maximum Gasteiger partial charge on any atom is 0.223 e. The van der Waals surface area contributed by atoms with Crippen LogP contribution in [0.1, 0.15) is 24.5 Å². The van der Waals surface area contributed by atoms with E-state index in [1.807, 2.05) is 36.4 Å². The Bertz CT molecular complexity index is 964. The van der Waals surface area contributed by atoms with Gasteiger partial charge in [-0.1, -0.05) is 37.3 Å². The molecule has 3 rings (SSSR count). The van der Waals surface area contributed by atoms with Crippen molar-refractivity contribution in [3.8, 4) is 17.0 Å². The van der Waals surface area contributed by atoms with Gasteiger partial charge in [-0.3, -0.25) is 4.90 Å². The van der Waals surface area contributed by atoms with Crippen molar-refractivity contribution in [2.24, 2.45) is 5.73 Å². The molecule has 4 N–H and O–H groups in total. The summed E-state index contributed by atoms with van der Waals surface area (Å²) in [5.41, 5.74) is 8.83. The largest absolute Gasteiger partial charge is 0.508 e. The molecule has 0 saturated heterocycles. The number of aromatic nitrogens is 2. The minimum absolute atomic E-state index is 0.242. The lowest BCUT2D eigenvalue weighted by Gasteiger charge is -2.20. The number of rotatable bonds is 11. The van der Waals surface area contributed by atoms with Crippen LogP contribution < -0.4 is 11.1 Å². The van der Waals surface area contributed by atoms with Gasteiger partial charge < -0.3 is 16.2 Å². The number of aromatic hydroxyl groups is 1. The summed E-state index contributed by atoms with van der Waals surface area (Å²) in [4.78, 5) is 10.8. The predicted octanol–water partition coefficient (Wildman–Crippen LogP) is 3.81. The molecule has 0 unspecified atom stereocenters. The molecular weight excluding hydrogens is 393 g/mol. The van der Waals surface area contributed by atoms with Gasteiger partial charge in [-0.25, -0.2) is 14.4 Å². The number of hydrogen-bond donors (Lipinski definition) is 3. The Kier molecular flexibility index (Phi) is 8.32. The van der Waals surface area contributed by atoms with E-state index in [0.29, 0.717) is 19.0 Å². The number of hydrogen-bond acceptors (Lipinski definition) is 6. The van der Waals surface area contributed by atoms with E-state index in [1.165, 1.54) is 6.20 Å². The van der Waals surface area contributed by atoms with Crippen molar-refractivity contribution in [1.82, 2.24) is 14.9 Å². The highest BCUT2D eigenvalue weighted by molar-refractivity contribution is 5.61. The fraction of sp³-hybridized carbons (Fsp3) is 0.333. The SMILES string of the molecule is CCN(CCCN)Cc1cccc(-c2nc(NCCc3ccc(O)cc3)ncc2F)c1. The average molecular weight is 424 g/mol. The fourth-order valence-corrected chi connectivity index (χ4v) is 3.38. The third-order valence-electron chi connectivity index (χ3n) is 5.11. The van der Waals surface area contributed by atoms with E-state index >= 15 is 0 Å². The molecule has 0 atom stereocenters. The van der Waals surface area contributed by atoms with Gasteiger partial charge in [-0.15, -0.1) is 0 Å². The molecule has 1 heterocycles. The molecule has 0 fully saturated rings. The summed E-state index contributed by atoms with van der Waals surface area (Å²) in [6, 6.07) is 14.9. The molecule has 0 amide bonds. The Morgan fingerprint density at radius 3 is 2.68 bits per heavy atom. The summed E-state index contributed by atoms with van der Waals surface area (Å²) < 4.78 is 14.5. The second-order valence-electron chi connectivity index (χ2n) is 7.44. The van der Waals surface area contributed by atoms with Crippen molar-refractivity contribution < 1.29 is 9.50 Å². The molecule has 0 radical (unpaired) electrons. The van der Waals surface area contributed by atoms with Crippen LogP contribution in [0.15, 0.2) is 54.7 Å². The van der Waals surface area contributed by atoms with Crippen molar-refractivity contribution >= 4 is 5.95 Å². The van der Waals surface area contributed by atoms with Crippen LogP contribution in [0.2, 0.25) is 0 Å². The Balaban J connectivity index is 1.68. The van der Waals surface area contributed by atoms with Crippen molar-refractivity contribution in [2.45, 2.75) is 26.3 Å². The Hall–Kier alpha value is -3.03. The van der Waals surface area contributed by atoms with Gasteiger partial charge in [0.15, 0.2) is 5.82 Å². The van der Waals surface area contributed by atoms with Crippen molar-refractivity contribution in [3.63, 3.8) is 0 Å². The van der Waals surface area contributed by atoms with Crippen LogP contribution in [-0.4, -0.2) is 46.2 Å². The summed E-state index contributed by atoms with van der Waals surface area (Å²) in [5, 5.41) is 12.5. The smallest absolute Gasteiger partial charge is 0.223 e. The minimum atomic E-state index is -0.447. The minimum Gasteiger partial charge on any atom is -0.508 e. The molecule has 1 aromatic heterocycles. The zero-order valence-corrected chi connectivity index (χ0v) is 17.9. The molecular formula is C24H30FN5O. The van der Waals surface area contributed by atoms with E-state index in [9.17, 15) is 9.50 Å². The molecule has 0 aliphatic rings. The monoisotopic (exact) mass is 423 g/mol. The maximum absolute atomic E-state index is 14.5. The first-order valence-electron chi connectivity index (χ1n) is 10.6. The van der Waals surface area contributed by atoms with E-state index in [0.717, 1.165) is 49.2 Å². The number of phenols is 1. The molecule has 0 spiro atoms. The second-order valence-corrected chi connectivity index (χ2v) is 7.44. The fourth-order valence-electron chi connectivity index (χ4n) is 3.38. The molecule has 31 heavy (non-hydrogen) atoms. The highest BCUT2D eigenvalue weighted by Crippen LogP contribution is 2.23. The third-order valence-corrected chi connectivity index (χ3v) is 5.11. The van der Waals surface area contributed by atoms with Crippen LogP contribution in [0.4, 0.5) is 10.3 Å². The number of nitrogens with zero attached hydrogens (tertiary/aromatic N) is 3. The lowest BCUT2D eigenvalue weighted by molar-refractivity contribution is 0.278. The van der Waals surface area contributed by atoms with Gasteiger partial charge in [0, 0.05) is 18.7 Å². The van der Waals surface area contributed by atoms with E-state index in [4.69, 9.17) is 5.73 Å². The summed E-state index contributed by atoms with van der Waals surface area (Å²) in [6.45, 7) is 6.05. The number of benzene rings is 2. The predicted molar refractivity (Wildman–Crippen MR) is 122 cm³/mol. The summed E-state index contributed by atoms with van der Waals surface area (Å²) in [6.07, 6.45) is 2.90. The van der Waals surface area contributed by atoms with E-state index < -0.39 is 5.82 Å². The van der Waals surface area contributed by atoms with Crippen molar-refractivity contribution in [3.05, 3.63) is 71.7 Å². The van der Waals surface area contributed by atoms with Crippen LogP contribution >= 0.6 is 0 Å². The topological polar surface area (TPSA) is 87.3 Å². The number of halogens is 1. The first-order valence-corrected chi connectivity index (χ1v) is 10.6. The van der Waals surface area contributed by atoms with Crippen LogP contribution in [0.3, 0.4) is 0 Å². The van der Waals surface area contributed by atoms with Gasteiger partial charge in [0.05, 0.1) is 6.20 Å². The van der Waals surface area contributed by atoms with Gasteiger partial charge in [0.2, 0.25) is 5.95 Å². The Morgan fingerprint density at radius 1 is 1.13 bits per heavy atom. The molecule has 3 aromatic rings. The van der Waals surface area contributed by atoms with Gasteiger partial charge in [0.1, 0.15) is 11.4 Å². The summed E-state index contributed by atoms with van der Waals surface area (Å²) in [5.74, 6) is 0.183. The summed E-state index contributed by atoms with van der Waals surface area (Å²) >= 11 is 0.